The van der Waals surface area contributed by atoms with Gasteiger partial charge in [0.25, 0.3) is 0 Å². The smallest absolute Gasteiger partial charge is 0.00778 e. The van der Waals surface area contributed by atoms with E-state index in [1.54, 1.807) is 5.56 Å². The Morgan fingerprint density at radius 2 is 1.79 bits per heavy atom. The number of rotatable bonds is 5. The number of benzene rings is 1. The first kappa shape index (κ1) is 14.6. The van der Waals surface area contributed by atoms with Crippen LogP contribution in [0, 0.1) is 19.8 Å². The Kier molecular flexibility index (Phi) is 4.67. The minimum absolute atomic E-state index is 0.396. The zero-order valence-corrected chi connectivity index (χ0v) is 13.1. The van der Waals surface area contributed by atoms with Gasteiger partial charge in [-0.2, -0.15) is 0 Å². The quantitative estimate of drug-likeness (QED) is 0.828. The molecule has 0 aliphatic heterocycles. The lowest BCUT2D eigenvalue weighted by Crippen LogP contribution is -2.37. The van der Waals surface area contributed by atoms with Crippen LogP contribution in [0.15, 0.2) is 18.2 Å². The number of nitrogens with one attached hydrogen (secondary N) is 1. The van der Waals surface area contributed by atoms with Crippen molar-refractivity contribution < 1.29 is 0 Å². The third-order valence-corrected chi connectivity index (χ3v) is 4.70. The fourth-order valence-corrected chi connectivity index (χ4v) is 3.29. The Labute approximate surface area is 118 Å². The lowest BCUT2D eigenvalue weighted by atomic mass is 9.78. The van der Waals surface area contributed by atoms with Gasteiger partial charge in [0.15, 0.2) is 0 Å². The van der Waals surface area contributed by atoms with E-state index >= 15 is 0 Å². The molecule has 1 aromatic rings. The average Bonchev–Trinajstić information content (AvgIpc) is 2.82. The van der Waals surface area contributed by atoms with Gasteiger partial charge in [-0.3, -0.25) is 0 Å². The highest BCUT2D eigenvalue weighted by Gasteiger charge is 2.35. The molecule has 2 rings (SSSR count). The highest BCUT2D eigenvalue weighted by Crippen LogP contribution is 2.41. The van der Waals surface area contributed by atoms with Crippen molar-refractivity contribution in [2.24, 2.45) is 5.92 Å². The van der Waals surface area contributed by atoms with Gasteiger partial charge in [-0.15, -0.1) is 0 Å². The summed E-state index contributed by atoms with van der Waals surface area (Å²) in [7, 11) is 0. The van der Waals surface area contributed by atoms with Gasteiger partial charge in [-0.1, -0.05) is 44.9 Å². The first-order valence-electron chi connectivity index (χ1n) is 7.82. The maximum Gasteiger partial charge on any atom is 0.00778 e. The first-order valence-corrected chi connectivity index (χ1v) is 7.82. The average molecular weight is 259 g/mol. The molecule has 1 fully saturated rings. The normalized spacial score (nSPS) is 18.2. The summed E-state index contributed by atoms with van der Waals surface area (Å²) in [5.41, 5.74) is 4.80. The predicted molar refractivity (Wildman–Crippen MR) is 83.8 cm³/mol. The summed E-state index contributed by atoms with van der Waals surface area (Å²) < 4.78 is 0. The van der Waals surface area contributed by atoms with E-state index in [1.807, 2.05) is 0 Å². The maximum atomic E-state index is 3.70. The van der Waals surface area contributed by atoms with Crippen LogP contribution in [0.5, 0.6) is 0 Å². The number of hydrogen-bond donors (Lipinski definition) is 1. The summed E-state index contributed by atoms with van der Waals surface area (Å²) in [5, 5.41) is 3.70. The summed E-state index contributed by atoms with van der Waals surface area (Å²) in [6, 6.07) is 7.09. The second kappa shape index (κ2) is 6.09. The Balaban J connectivity index is 2.16. The van der Waals surface area contributed by atoms with E-state index in [1.165, 1.54) is 36.8 Å². The van der Waals surface area contributed by atoms with Gasteiger partial charge < -0.3 is 5.32 Å². The topological polar surface area (TPSA) is 12.0 Å². The summed E-state index contributed by atoms with van der Waals surface area (Å²) >= 11 is 0. The number of hydrogen-bond acceptors (Lipinski definition) is 1. The molecule has 1 saturated carbocycles. The van der Waals surface area contributed by atoms with Crippen LogP contribution in [0.25, 0.3) is 0 Å². The Morgan fingerprint density at radius 1 is 1.11 bits per heavy atom. The minimum atomic E-state index is 0.396. The zero-order valence-electron chi connectivity index (χ0n) is 13.1. The highest BCUT2D eigenvalue weighted by molar-refractivity contribution is 5.35. The molecule has 0 unspecified atom stereocenters. The van der Waals surface area contributed by atoms with Crippen LogP contribution in [0.3, 0.4) is 0 Å². The van der Waals surface area contributed by atoms with Gasteiger partial charge in [0, 0.05) is 12.0 Å². The molecule has 1 heteroatoms. The lowest BCUT2D eigenvalue weighted by molar-refractivity contribution is 0.391. The minimum Gasteiger partial charge on any atom is -0.316 e. The largest absolute Gasteiger partial charge is 0.316 e. The molecule has 0 bridgehead atoms. The molecule has 0 saturated heterocycles. The molecule has 0 spiro atoms. The van der Waals surface area contributed by atoms with E-state index in [9.17, 15) is 0 Å². The molecule has 106 valence electrons. The molecule has 1 aliphatic rings. The van der Waals surface area contributed by atoms with Crippen molar-refractivity contribution in [3.8, 4) is 0 Å². The molecule has 1 aliphatic carbocycles. The maximum absolute atomic E-state index is 3.70. The van der Waals surface area contributed by atoms with Crippen molar-refractivity contribution in [1.29, 1.82) is 0 Å². The van der Waals surface area contributed by atoms with Crippen LogP contribution in [0.2, 0.25) is 0 Å². The summed E-state index contributed by atoms with van der Waals surface area (Å²) in [6.45, 7) is 11.3. The van der Waals surface area contributed by atoms with Crippen molar-refractivity contribution in [2.75, 3.05) is 13.1 Å². The summed E-state index contributed by atoms with van der Waals surface area (Å²) in [4.78, 5) is 0. The Hall–Kier alpha value is -0.820. The third kappa shape index (κ3) is 3.39. The predicted octanol–water partition coefficient (Wildman–Crippen LogP) is 4.36. The first-order chi connectivity index (χ1) is 9.03. The van der Waals surface area contributed by atoms with Crippen molar-refractivity contribution in [3.63, 3.8) is 0 Å². The molecule has 1 nitrogen and oxygen atoms in total. The number of aryl methyl sites for hydroxylation is 2. The van der Waals surface area contributed by atoms with Gasteiger partial charge in [0.05, 0.1) is 0 Å². The Bertz CT molecular complexity index is 414. The molecular weight excluding hydrogens is 230 g/mol. The molecule has 1 aromatic carbocycles. The highest BCUT2D eigenvalue weighted by atomic mass is 14.9. The van der Waals surface area contributed by atoms with Crippen LogP contribution in [0.1, 0.15) is 56.2 Å². The molecule has 0 radical (unpaired) electrons. The van der Waals surface area contributed by atoms with E-state index in [-0.39, 0.29) is 0 Å². The monoisotopic (exact) mass is 259 g/mol. The van der Waals surface area contributed by atoms with Gasteiger partial charge in [0.1, 0.15) is 0 Å². The fourth-order valence-electron chi connectivity index (χ4n) is 3.29. The second-order valence-corrected chi connectivity index (χ2v) is 6.81. The second-order valence-electron chi connectivity index (χ2n) is 6.81. The molecular formula is C18H29N. The van der Waals surface area contributed by atoms with Crippen LogP contribution in [0.4, 0.5) is 0 Å². The van der Waals surface area contributed by atoms with Crippen molar-refractivity contribution in [2.45, 2.75) is 58.8 Å². The lowest BCUT2D eigenvalue weighted by Gasteiger charge is -2.31. The summed E-state index contributed by atoms with van der Waals surface area (Å²) in [6.07, 6.45) is 5.47. The van der Waals surface area contributed by atoms with Crippen molar-refractivity contribution >= 4 is 0 Å². The van der Waals surface area contributed by atoms with E-state index < -0.39 is 0 Å². The van der Waals surface area contributed by atoms with Crippen LogP contribution in [-0.4, -0.2) is 13.1 Å². The van der Waals surface area contributed by atoms with Crippen molar-refractivity contribution in [3.05, 3.63) is 34.9 Å². The van der Waals surface area contributed by atoms with E-state index in [4.69, 9.17) is 0 Å². The van der Waals surface area contributed by atoms with E-state index in [2.05, 4.69) is 51.2 Å². The van der Waals surface area contributed by atoms with Gasteiger partial charge in [0.2, 0.25) is 0 Å². The molecule has 0 atom stereocenters. The summed E-state index contributed by atoms with van der Waals surface area (Å²) in [5.74, 6) is 0.734. The van der Waals surface area contributed by atoms with Crippen LogP contribution >= 0.6 is 0 Å². The van der Waals surface area contributed by atoms with E-state index in [0.29, 0.717) is 5.41 Å². The van der Waals surface area contributed by atoms with Gasteiger partial charge in [-0.25, -0.2) is 0 Å². The van der Waals surface area contributed by atoms with Crippen LogP contribution in [-0.2, 0) is 5.41 Å². The molecule has 1 N–H and O–H groups in total. The zero-order chi connectivity index (χ0) is 13.9. The molecule has 19 heavy (non-hydrogen) atoms. The standard InChI is InChI=1S/C18H29N/c1-14(2)12-19-13-18(9-5-6-10-18)17-8-7-15(3)16(4)11-17/h7-8,11,14,19H,5-6,9-10,12-13H2,1-4H3. The fraction of sp³-hybridized carbons (Fsp3) is 0.667. The van der Waals surface area contributed by atoms with Crippen molar-refractivity contribution in [1.82, 2.24) is 5.32 Å². The molecule has 0 heterocycles. The molecule has 0 aromatic heterocycles. The SMILES string of the molecule is Cc1ccc(C2(CNCC(C)C)CCCC2)cc1C. The molecule has 0 amide bonds. The van der Waals surface area contributed by atoms with Crippen LogP contribution < -0.4 is 5.32 Å². The third-order valence-electron chi connectivity index (χ3n) is 4.70. The van der Waals surface area contributed by atoms with Gasteiger partial charge >= 0.3 is 0 Å². The Morgan fingerprint density at radius 3 is 2.37 bits per heavy atom. The van der Waals surface area contributed by atoms with E-state index in [0.717, 1.165) is 19.0 Å². The van der Waals surface area contributed by atoms with Gasteiger partial charge in [-0.05, 0) is 55.8 Å².